The molecule has 5 amide bonds. The van der Waals surface area contributed by atoms with Crippen molar-refractivity contribution in [3.63, 3.8) is 0 Å². The first-order valence-corrected chi connectivity index (χ1v) is 18.5. The van der Waals surface area contributed by atoms with Crippen molar-refractivity contribution in [2.75, 3.05) is 13.1 Å². The Bertz CT molecular complexity index is 1560. The molecule has 268 valence electrons. The quantitative estimate of drug-likeness (QED) is 0.293. The number of rotatable bonds is 13. The zero-order valence-electron chi connectivity index (χ0n) is 30.4. The molecule has 2 aliphatic heterocycles. The summed E-state index contributed by atoms with van der Waals surface area (Å²) in [6.45, 7) is 12.8. The molecule has 11 heteroatoms. The molecule has 0 radical (unpaired) electrons. The highest BCUT2D eigenvalue weighted by atomic mass is 16.7. The van der Waals surface area contributed by atoms with Crippen LogP contribution in [0, 0.1) is 23.2 Å². The number of nitrogens with zero attached hydrogens (tertiary/aromatic N) is 2. The van der Waals surface area contributed by atoms with E-state index in [1.807, 2.05) is 81.4 Å². The number of imide groups is 1. The first-order chi connectivity index (χ1) is 23.8. The Balaban J connectivity index is 1.18. The van der Waals surface area contributed by atoms with E-state index >= 15 is 0 Å². The summed E-state index contributed by atoms with van der Waals surface area (Å²) in [7, 11) is -0.623. The van der Waals surface area contributed by atoms with Crippen LogP contribution < -0.4 is 10.6 Å². The number of carbonyl (C=O) groups excluding carboxylic acids is 4. The largest absolute Gasteiger partial charge is 0.481 e. The number of nitrogens with one attached hydrogen (secondary N) is 2. The summed E-state index contributed by atoms with van der Waals surface area (Å²) in [5.41, 5.74) is 1.68. The highest BCUT2D eigenvalue weighted by Crippen LogP contribution is 2.65. The van der Waals surface area contributed by atoms with Crippen LogP contribution in [0.1, 0.15) is 78.4 Å². The van der Waals surface area contributed by atoms with Gasteiger partial charge in [0.15, 0.2) is 0 Å². The van der Waals surface area contributed by atoms with Crippen LogP contribution in [0.2, 0.25) is 0 Å². The summed E-state index contributed by atoms with van der Waals surface area (Å²) < 4.78 is 13.3. The first-order valence-electron chi connectivity index (χ1n) is 18.5. The Morgan fingerprint density at radius 1 is 0.960 bits per heavy atom. The molecule has 2 aromatic carbocycles. The van der Waals surface area contributed by atoms with E-state index in [4.69, 9.17) is 9.31 Å². The van der Waals surface area contributed by atoms with Gasteiger partial charge in [0, 0.05) is 6.54 Å². The molecule has 0 spiro atoms. The molecule has 3 unspecified atom stereocenters. The Morgan fingerprint density at radius 2 is 1.62 bits per heavy atom. The third-order valence-corrected chi connectivity index (χ3v) is 11.9. The molecule has 7 atom stereocenters. The lowest BCUT2D eigenvalue weighted by Gasteiger charge is -2.35. The van der Waals surface area contributed by atoms with E-state index in [2.05, 4.69) is 31.4 Å². The average molecular weight is 685 g/mol. The Kier molecular flexibility index (Phi) is 10.5. The normalized spacial score (nSPS) is 27.8. The minimum atomic E-state index is -1.07. The molecular weight excluding hydrogens is 631 g/mol. The lowest BCUT2D eigenvalue weighted by molar-refractivity contribution is -0.139. The highest BCUT2D eigenvalue weighted by molar-refractivity contribution is 6.48. The molecule has 2 aliphatic carbocycles. The SMILES string of the molecule is CC[C@H](NC(=O)[C@@H]1CN(CCCc2ccccc2)C(=O)N1C(=O)[C@@H](NC(=O)Cc1ccccc1)C(C)C)B1OC2C3CCC(C3(C)C)[C@]2(C)O1. The molecule has 2 bridgehead atoms. The number of amides is 5. The molecule has 2 N–H and O–H groups in total. The predicted molar refractivity (Wildman–Crippen MR) is 192 cm³/mol. The van der Waals surface area contributed by atoms with E-state index in [0.29, 0.717) is 31.2 Å². The van der Waals surface area contributed by atoms with Gasteiger partial charge in [-0.25, -0.2) is 9.69 Å². The summed E-state index contributed by atoms with van der Waals surface area (Å²) in [6.07, 6.45) is 4.25. The van der Waals surface area contributed by atoms with Gasteiger partial charge in [-0.3, -0.25) is 14.4 Å². The topological polar surface area (TPSA) is 117 Å². The molecule has 2 aromatic rings. The number of urea groups is 1. The molecule has 6 rings (SSSR count). The zero-order chi connectivity index (χ0) is 35.8. The number of fused-ring (bicyclic) bond motifs is 5. The zero-order valence-corrected chi connectivity index (χ0v) is 30.4. The molecular formula is C39H53BN4O6. The first kappa shape index (κ1) is 36.1. The van der Waals surface area contributed by atoms with Gasteiger partial charge in [-0.2, -0.15) is 0 Å². The van der Waals surface area contributed by atoms with Gasteiger partial charge in [0.05, 0.1) is 30.6 Å². The summed E-state index contributed by atoms with van der Waals surface area (Å²) in [4.78, 5) is 58.3. The Labute approximate surface area is 297 Å². The fourth-order valence-corrected chi connectivity index (χ4v) is 9.21. The van der Waals surface area contributed by atoms with Crippen LogP contribution >= 0.6 is 0 Å². The standard InChI is InChI=1S/C39H53BN4O6/c1-7-31(40-49-34-28-20-21-30(38(28,4)5)39(34,6)50-40)41-35(46)29-24-43(22-14-19-26-15-10-8-11-16-26)37(48)44(29)36(47)33(25(2)3)42-32(45)23-27-17-12-9-13-18-27/h8-13,15-18,25,28-31,33-34H,7,14,19-24H2,1-6H3,(H,41,46)(H,42,45)/t28?,29-,30?,31-,33-,34?,39-/m0/s1. The van der Waals surface area contributed by atoms with Gasteiger partial charge < -0.3 is 24.8 Å². The van der Waals surface area contributed by atoms with E-state index in [0.717, 1.165) is 35.3 Å². The lowest BCUT2D eigenvalue weighted by atomic mass is 9.74. The minimum Gasteiger partial charge on any atom is -0.404 e. The second-order valence-electron chi connectivity index (χ2n) is 15.8. The fraction of sp³-hybridized carbons (Fsp3) is 0.590. The van der Waals surface area contributed by atoms with Crippen molar-refractivity contribution in [1.29, 1.82) is 0 Å². The van der Waals surface area contributed by atoms with Crippen LogP contribution in [0.15, 0.2) is 60.7 Å². The third kappa shape index (κ3) is 6.83. The number of carbonyl (C=O) groups is 4. The van der Waals surface area contributed by atoms with Crippen molar-refractivity contribution in [1.82, 2.24) is 20.4 Å². The van der Waals surface area contributed by atoms with E-state index in [1.165, 1.54) is 0 Å². The maximum absolute atomic E-state index is 14.3. The van der Waals surface area contributed by atoms with E-state index in [9.17, 15) is 19.2 Å². The van der Waals surface area contributed by atoms with Crippen LogP contribution in [0.4, 0.5) is 4.79 Å². The van der Waals surface area contributed by atoms with Gasteiger partial charge in [-0.1, -0.05) is 95.3 Å². The maximum Gasteiger partial charge on any atom is 0.481 e. The van der Waals surface area contributed by atoms with Crippen molar-refractivity contribution in [2.24, 2.45) is 23.2 Å². The number of benzene rings is 2. The van der Waals surface area contributed by atoms with Crippen LogP contribution in [0.3, 0.4) is 0 Å². The molecule has 2 heterocycles. The molecule has 2 saturated carbocycles. The van der Waals surface area contributed by atoms with Crippen molar-refractivity contribution < 1.29 is 28.5 Å². The van der Waals surface area contributed by atoms with E-state index < -0.39 is 48.6 Å². The van der Waals surface area contributed by atoms with Gasteiger partial charge in [0.2, 0.25) is 11.8 Å². The summed E-state index contributed by atoms with van der Waals surface area (Å²) in [6, 6.07) is 16.7. The second kappa shape index (κ2) is 14.5. The summed E-state index contributed by atoms with van der Waals surface area (Å²) in [5, 5.41) is 6.00. The molecule has 4 fully saturated rings. The van der Waals surface area contributed by atoms with Crippen LogP contribution in [0.25, 0.3) is 0 Å². The Hall–Kier alpha value is -3.70. The molecule has 50 heavy (non-hydrogen) atoms. The van der Waals surface area contributed by atoms with Crippen LogP contribution in [-0.2, 0) is 36.5 Å². The monoisotopic (exact) mass is 684 g/mol. The number of hydrogen-bond donors (Lipinski definition) is 2. The second-order valence-corrected chi connectivity index (χ2v) is 15.8. The predicted octanol–water partition coefficient (Wildman–Crippen LogP) is 4.80. The van der Waals surface area contributed by atoms with Crippen molar-refractivity contribution >= 4 is 30.9 Å². The number of aryl methyl sites for hydroxylation is 1. The van der Waals surface area contributed by atoms with Gasteiger partial charge in [-0.05, 0) is 73.3 Å². The highest BCUT2D eigenvalue weighted by Gasteiger charge is 2.71. The average Bonchev–Trinajstić information content (AvgIpc) is 3.76. The van der Waals surface area contributed by atoms with Gasteiger partial charge >= 0.3 is 13.1 Å². The summed E-state index contributed by atoms with van der Waals surface area (Å²) >= 11 is 0. The van der Waals surface area contributed by atoms with Gasteiger partial charge in [0.25, 0.3) is 5.91 Å². The smallest absolute Gasteiger partial charge is 0.404 e. The van der Waals surface area contributed by atoms with Crippen molar-refractivity contribution in [3.05, 3.63) is 71.8 Å². The third-order valence-electron chi connectivity index (χ3n) is 11.9. The van der Waals surface area contributed by atoms with E-state index in [-0.39, 0.29) is 36.3 Å². The van der Waals surface area contributed by atoms with E-state index in [1.54, 1.807) is 4.90 Å². The van der Waals surface area contributed by atoms with Gasteiger partial charge in [0.1, 0.15) is 12.1 Å². The number of hydrogen-bond acceptors (Lipinski definition) is 6. The lowest BCUT2D eigenvalue weighted by Crippen LogP contribution is -2.59. The molecule has 0 aromatic heterocycles. The van der Waals surface area contributed by atoms with Crippen molar-refractivity contribution in [2.45, 2.75) is 110 Å². The molecule has 4 aliphatic rings. The summed E-state index contributed by atoms with van der Waals surface area (Å²) in [5.74, 6) is -1.36. The van der Waals surface area contributed by atoms with Crippen LogP contribution in [0.5, 0.6) is 0 Å². The molecule has 2 saturated heterocycles. The maximum atomic E-state index is 14.3. The fourth-order valence-electron chi connectivity index (χ4n) is 9.21. The van der Waals surface area contributed by atoms with Gasteiger partial charge in [-0.15, -0.1) is 0 Å². The van der Waals surface area contributed by atoms with Crippen LogP contribution in [-0.4, -0.2) is 83.5 Å². The van der Waals surface area contributed by atoms with Crippen molar-refractivity contribution in [3.8, 4) is 0 Å². The Morgan fingerprint density at radius 3 is 2.24 bits per heavy atom. The molecule has 10 nitrogen and oxygen atoms in total. The minimum absolute atomic E-state index is 0.0373.